The molecule has 0 saturated carbocycles. The molecule has 0 spiro atoms. The molecule has 0 aliphatic heterocycles. The molecule has 0 atom stereocenters. The summed E-state index contributed by atoms with van der Waals surface area (Å²) in [5, 5.41) is 6.94. The van der Waals surface area contributed by atoms with Gasteiger partial charge in [0.2, 0.25) is 5.95 Å². The lowest BCUT2D eigenvalue weighted by molar-refractivity contribution is 0.945. The number of hydrogen-bond donors (Lipinski definition) is 0. The highest BCUT2D eigenvalue weighted by molar-refractivity contribution is 6.19. The van der Waals surface area contributed by atoms with E-state index < -0.39 is 0 Å². The summed E-state index contributed by atoms with van der Waals surface area (Å²) in [4.78, 5) is 20.9. The fourth-order valence-corrected chi connectivity index (χ4v) is 8.64. The second-order valence-corrected chi connectivity index (χ2v) is 14.3. The van der Waals surface area contributed by atoms with Gasteiger partial charge in [-0.05, 0) is 60.7 Å². The van der Waals surface area contributed by atoms with Crippen LogP contribution in [0.3, 0.4) is 0 Å². The average Bonchev–Trinajstić information content (AvgIpc) is 3.91. The Morgan fingerprint density at radius 3 is 1.39 bits per heavy atom. The maximum atomic E-state index is 5.28. The molecule has 0 amide bonds. The van der Waals surface area contributed by atoms with Gasteiger partial charge in [0.25, 0.3) is 0 Å². The Bertz CT molecular complexity index is 3470. The first-order valence-corrected chi connectivity index (χ1v) is 19.1. The monoisotopic (exact) mass is 729 g/mol. The molecule has 0 aliphatic rings. The van der Waals surface area contributed by atoms with E-state index in [-0.39, 0.29) is 0 Å². The van der Waals surface area contributed by atoms with Crippen molar-refractivity contribution < 1.29 is 0 Å². The van der Waals surface area contributed by atoms with Gasteiger partial charge in [-0.25, -0.2) is 9.97 Å². The van der Waals surface area contributed by atoms with Crippen LogP contribution in [0.2, 0.25) is 0 Å². The van der Waals surface area contributed by atoms with Gasteiger partial charge in [-0.2, -0.15) is 9.97 Å². The molecule has 0 bridgehead atoms. The molecule has 5 heterocycles. The van der Waals surface area contributed by atoms with E-state index in [0.717, 1.165) is 66.3 Å². The highest BCUT2D eigenvalue weighted by Crippen LogP contribution is 2.40. The molecule has 12 rings (SSSR count). The number of fused-ring (bicyclic) bond motifs is 9. The van der Waals surface area contributed by atoms with Crippen molar-refractivity contribution in [2.24, 2.45) is 0 Å². The second-order valence-electron chi connectivity index (χ2n) is 14.3. The van der Waals surface area contributed by atoms with Crippen LogP contribution < -0.4 is 0 Å². The van der Waals surface area contributed by atoms with E-state index in [4.69, 9.17) is 19.9 Å². The van der Waals surface area contributed by atoms with Gasteiger partial charge >= 0.3 is 0 Å². The quantitative estimate of drug-likeness (QED) is 0.177. The highest BCUT2D eigenvalue weighted by atomic mass is 15.2. The van der Waals surface area contributed by atoms with Crippen molar-refractivity contribution >= 4 is 65.4 Å². The molecule has 0 unspecified atom stereocenters. The molecule has 0 radical (unpaired) electrons. The number of aromatic nitrogens is 7. The second kappa shape index (κ2) is 12.3. The Morgan fingerprint density at radius 2 is 0.772 bits per heavy atom. The highest BCUT2D eigenvalue weighted by Gasteiger charge is 2.22. The molecule has 12 aromatic rings. The van der Waals surface area contributed by atoms with Crippen LogP contribution in [0.15, 0.2) is 188 Å². The average molecular weight is 730 g/mol. The largest absolute Gasteiger partial charge is 0.309 e. The molecule has 7 heteroatoms. The summed E-state index contributed by atoms with van der Waals surface area (Å²) in [7, 11) is 0. The summed E-state index contributed by atoms with van der Waals surface area (Å²) in [6.45, 7) is 0. The van der Waals surface area contributed by atoms with E-state index in [9.17, 15) is 0 Å². The normalized spacial score (nSPS) is 11.9. The molecule has 7 nitrogen and oxygen atoms in total. The minimum Gasteiger partial charge on any atom is -0.309 e. The number of benzene rings is 7. The van der Waals surface area contributed by atoms with Gasteiger partial charge in [0.05, 0.1) is 33.1 Å². The third-order valence-electron chi connectivity index (χ3n) is 11.1. The molecule has 5 aromatic heterocycles. The molecule has 7 aromatic carbocycles. The van der Waals surface area contributed by atoms with Gasteiger partial charge < -0.3 is 4.57 Å². The van der Waals surface area contributed by atoms with E-state index in [1.54, 1.807) is 0 Å². The van der Waals surface area contributed by atoms with Crippen LogP contribution in [0.4, 0.5) is 0 Å². The SMILES string of the molecule is c1ccc(-c2nc(-c3cccc(-n4c5ccccc5c5ccccc54)n3)nc(-n3c4ccccc4c4cc5c(cc43)c3ccccc3n5-c3ccccc3)n2)cc1. The van der Waals surface area contributed by atoms with E-state index in [0.29, 0.717) is 23.3 Å². The van der Waals surface area contributed by atoms with E-state index >= 15 is 0 Å². The lowest BCUT2D eigenvalue weighted by Crippen LogP contribution is -2.07. The van der Waals surface area contributed by atoms with Gasteiger partial charge in [-0.1, -0.05) is 127 Å². The molecular weight excluding hydrogens is 699 g/mol. The van der Waals surface area contributed by atoms with Crippen molar-refractivity contribution in [3.05, 3.63) is 188 Å². The molecule has 0 saturated heterocycles. The summed E-state index contributed by atoms with van der Waals surface area (Å²) < 4.78 is 6.77. The van der Waals surface area contributed by atoms with Crippen LogP contribution in [-0.2, 0) is 0 Å². The molecule has 266 valence electrons. The summed E-state index contributed by atoms with van der Waals surface area (Å²) in [5.74, 6) is 2.39. The summed E-state index contributed by atoms with van der Waals surface area (Å²) in [5.41, 5.74) is 9.19. The van der Waals surface area contributed by atoms with E-state index in [1.807, 2.05) is 48.5 Å². The summed E-state index contributed by atoms with van der Waals surface area (Å²) in [6.07, 6.45) is 0. The minimum absolute atomic E-state index is 0.495. The van der Waals surface area contributed by atoms with Gasteiger partial charge in [-0.3, -0.25) is 9.13 Å². The number of para-hydroxylation sites is 5. The molecule has 57 heavy (non-hydrogen) atoms. The van der Waals surface area contributed by atoms with Gasteiger partial charge in [0.15, 0.2) is 11.6 Å². The number of rotatable bonds is 5. The Morgan fingerprint density at radius 1 is 0.298 bits per heavy atom. The van der Waals surface area contributed by atoms with Crippen molar-refractivity contribution in [1.29, 1.82) is 0 Å². The standard InChI is InChI=1S/C50H31N7/c1-3-16-32(17-4-1)48-52-49(40-24-15-29-47(51-40)56-42-26-12-7-20-34(42)35-21-8-13-27-43(35)56)54-50(53-48)57-44-28-14-10-23-37(44)39-30-45-38(31-46(39)57)36-22-9-11-25-41(36)55(45)33-18-5-2-6-19-33/h1-31H. The van der Waals surface area contributed by atoms with Crippen molar-refractivity contribution in [1.82, 2.24) is 33.6 Å². The van der Waals surface area contributed by atoms with Crippen LogP contribution in [0.1, 0.15) is 0 Å². The van der Waals surface area contributed by atoms with Crippen molar-refractivity contribution in [3.8, 4) is 40.4 Å². The zero-order chi connectivity index (χ0) is 37.5. The Labute approximate surface area is 326 Å². The Hall–Kier alpha value is -7.90. The maximum absolute atomic E-state index is 5.28. The number of pyridine rings is 1. The number of nitrogens with zero attached hydrogens (tertiary/aromatic N) is 7. The Balaban J connectivity index is 1.13. The zero-order valence-electron chi connectivity index (χ0n) is 30.5. The van der Waals surface area contributed by atoms with E-state index in [2.05, 4.69) is 153 Å². The zero-order valence-corrected chi connectivity index (χ0v) is 30.5. The minimum atomic E-state index is 0.495. The molecule has 0 fully saturated rings. The fraction of sp³-hybridized carbons (Fsp3) is 0. The Kier molecular flexibility index (Phi) is 6.79. The third-order valence-corrected chi connectivity index (χ3v) is 11.1. The molecule has 0 aliphatic carbocycles. The lowest BCUT2D eigenvalue weighted by atomic mass is 10.1. The predicted octanol–water partition coefficient (Wildman–Crippen LogP) is 11.9. The first-order valence-electron chi connectivity index (χ1n) is 19.1. The van der Waals surface area contributed by atoms with Crippen LogP contribution in [0.5, 0.6) is 0 Å². The van der Waals surface area contributed by atoms with Gasteiger partial charge in [0.1, 0.15) is 11.5 Å². The van der Waals surface area contributed by atoms with Gasteiger partial charge in [0, 0.05) is 43.6 Å². The molecule has 0 N–H and O–H groups in total. The maximum Gasteiger partial charge on any atom is 0.238 e. The van der Waals surface area contributed by atoms with Crippen LogP contribution in [0.25, 0.3) is 106 Å². The van der Waals surface area contributed by atoms with Crippen LogP contribution in [0, 0.1) is 0 Å². The van der Waals surface area contributed by atoms with Crippen molar-refractivity contribution in [2.45, 2.75) is 0 Å². The van der Waals surface area contributed by atoms with Crippen LogP contribution in [-0.4, -0.2) is 33.6 Å². The first-order chi connectivity index (χ1) is 28.3. The van der Waals surface area contributed by atoms with Crippen LogP contribution >= 0.6 is 0 Å². The molecular formula is C50H31N7. The first kappa shape index (κ1) is 31.5. The van der Waals surface area contributed by atoms with Gasteiger partial charge in [-0.15, -0.1) is 0 Å². The topological polar surface area (TPSA) is 66.3 Å². The van der Waals surface area contributed by atoms with E-state index in [1.165, 1.54) is 16.2 Å². The third kappa shape index (κ3) is 4.79. The number of hydrogen-bond acceptors (Lipinski definition) is 4. The predicted molar refractivity (Wildman–Crippen MR) is 232 cm³/mol. The smallest absolute Gasteiger partial charge is 0.238 e. The summed E-state index contributed by atoms with van der Waals surface area (Å²) >= 11 is 0. The van der Waals surface area contributed by atoms with Crippen molar-refractivity contribution in [2.75, 3.05) is 0 Å². The summed E-state index contributed by atoms with van der Waals surface area (Å²) in [6, 6.07) is 65.5. The van der Waals surface area contributed by atoms with Crippen molar-refractivity contribution in [3.63, 3.8) is 0 Å². The fourth-order valence-electron chi connectivity index (χ4n) is 8.64. The lowest BCUT2D eigenvalue weighted by Gasteiger charge is -2.12.